The smallest absolute Gasteiger partial charge is 0.242 e. The summed E-state index contributed by atoms with van der Waals surface area (Å²) in [6.45, 7) is 3.79. The number of carbonyl (C=O) groups is 1. The number of aromatic nitrogens is 2. The van der Waals surface area contributed by atoms with Crippen LogP contribution in [0.3, 0.4) is 0 Å². The molecule has 1 aromatic carbocycles. The standard InChI is InChI=1S/C18H18N4OS/c1-12-2-3-15-14(8-12)18(21-11-20-15)19-9-17(23)22-6-4-16-13(10-22)5-7-24-16/h2-3,5,7-8,11H,4,6,9-10H2,1H3,(H,19,20,21). The molecule has 0 bridgehead atoms. The Morgan fingerprint density at radius 2 is 2.25 bits per heavy atom. The number of hydrogen-bond donors (Lipinski definition) is 1. The maximum atomic E-state index is 12.5. The molecule has 0 saturated heterocycles. The van der Waals surface area contributed by atoms with E-state index < -0.39 is 0 Å². The highest BCUT2D eigenvalue weighted by atomic mass is 32.1. The van der Waals surface area contributed by atoms with Crippen LogP contribution in [0.2, 0.25) is 0 Å². The van der Waals surface area contributed by atoms with E-state index in [1.54, 1.807) is 11.3 Å². The molecule has 0 spiro atoms. The topological polar surface area (TPSA) is 58.1 Å². The molecule has 6 heteroatoms. The van der Waals surface area contributed by atoms with Crippen molar-refractivity contribution < 1.29 is 4.79 Å². The molecule has 0 saturated carbocycles. The van der Waals surface area contributed by atoms with Crippen LogP contribution in [-0.2, 0) is 17.8 Å². The number of rotatable bonds is 3. The summed E-state index contributed by atoms with van der Waals surface area (Å²) >= 11 is 1.78. The highest BCUT2D eigenvalue weighted by molar-refractivity contribution is 7.10. The van der Waals surface area contributed by atoms with E-state index in [1.165, 1.54) is 16.8 Å². The maximum Gasteiger partial charge on any atom is 0.242 e. The summed E-state index contributed by atoms with van der Waals surface area (Å²) in [6.07, 6.45) is 2.48. The zero-order chi connectivity index (χ0) is 16.5. The van der Waals surface area contributed by atoms with Gasteiger partial charge >= 0.3 is 0 Å². The van der Waals surface area contributed by atoms with Gasteiger partial charge in [-0.05, 0) is 42.5 Å². The SMILES string of the molecule is Cc1ccc2ncnc(NCC(=O)N3CCc4sccc4C3)c2c1. The molecule has 4 rings (SSSR count). The first kappa shape index (κ1) is 15.1. The number of benzene rings is 1. The summed E-state index contributed by atoms with van der Waals surface area (Å²) in [5, 5.41) is 6.24. The fourth-order valence-electron chi connectivity index (χ4n) is 3.04. The van der Waals surface area contributed by atoms with Crippen molar-refractivity contribution in [1.82, 2.24) is 14.9 Å². The Morgan fingerprint density at radius 3 is 3.17 bits per heavy atom. The predicted octanol–water partition coefficient (Wildman–Crippen LogP) is 3.00. The van der Waals surface area contributed by atoms with E-state index in [-0.39, 0.29) is 12.5 Å². The fourth-order valence-corrected chi connectivity index (χ4v) is 3.93. The van der Waals surface area contributed by atoms with Crippen LogP contribution in [0.1, 0.15) is 16.0 Å². The molecule has 2 aromatic heterocycles. The molecule has 1 N–H and O–H groups in total. The first-order valence-electron chi connectivity index (χ1n) is 7.99. The normalized spacial score (nSPS) is 13.8. The Morgan fingerprint density at radius 1 is 1.33 bits per heavy atom. The van der Waals surface area contributed by atoms with Gasteiger partial charge in [0.1, 0.15) is 12.1 Å². The zero-order valence-electron chi connectivity index (χ0n) is 13.5. The van der Waals surface area contributed by atoms with Gasteiger partial charge in [-0.1, -0.05) is 11.6 Å². The molecule has 0 radical (unpaired) electrons. The van der Waals surface area contributed by atoms with Crippen LogP contribution in [0.5, 0.6) is 0 Å². The predicted molar refractivity (Wildman–Crippen MR) is 96.2 cm³/mol. The van der Waals surface area contributed by atoms with Gasteiger partial charge in [-0.25, -0.2) is 9.97 Å². The van der Waals surface area contributed by atoms with Crippen LogP contribution >= 0.6 is 11.3 Å². The summed E-state index contributed by atoms with van der Waals surface area (Å²) in [5.41, 5.74) is 3.31. The van der Waals surface area contributed by atoms with Gasteiger partial charge in [-0.2, -0.15) is 0 Å². The Balaban J connectivity index is 1.47. The summed E-state index contributed by atoms with van der Waals surface area (Å²) in [5.74, 6) is 0.816. The third kappa shape index (κ3) is 2.85. The number of anilines is 1. The average Bonchev–Trinajstić information content (AvgIpc) is 3.07. The van der Waals surface area contributed by atoms with Crippen molar-refractivity contribution in [1.29, 1.82) is 0 Å². The molecule has 1 amide bonds. The summed E-state index contributed by atoms with van der Waals surface area (Å²) < 4.78 is 0. The second-order valence-electron chi connectivity index (χ2n) is 6.03. The number of hydrogen-bond acceptors (Lipinski definition) is 5. The minimum atomic E-state index is 0.103. The molecule has 0 fully saturated rings. The van der Waals surface area contributed by atoms with Crippen molar-refractivity contribution in [2.75, 3.05) is 18.4 Å². The van der Waals surface area contributed by atoms with Gasteiger partial charge < -0.3 is 10.2 Å². The second kappa shape index (κ2) is 6.20. The molecule has 0 atom stereocenters. The lowest BCUT2D eigenvalue weighted by atomic mass is 10.1. The third-order valence-electron chi connectivity index (χ3n) is 4.36. The molecule has 0 aliphatic carbocycles. The van der Waals surface area contributed by atoms with Gasteiger partial charge in [-0.3, -0.25) is 4.79 Å². The van der Waals surface area contributed by atoms with E-state index in [9.17, 15) is 4.79 Å². The number of nitrogens with one attached hydrogen (secondary N) is 1. The van der Waals surface area contributed by atoms with Gasteiger partial charge in [0.25, 0.3) is 0 Å². The lowest BCUT2D eigenvalue weighted by Crippen LogP contribution is -2.38. The van der Waals surface area contributed by atoms with Crippen LogP contribution in [0.15, 0.2) is 36.0 Å². The molecule has 1 aliphatic heterocycles. The Labute approximate surface area is 144 Å². The molecule has 24 heavy (non-hydrogen) atoms. The molecule has 3 heterocycles. The molecule has 5 nitrogen and oxygen atoms in total. The van der Waals surface area contributed by atoms with Gasteiger partial charge in [0, 0.05) is 23.4 Å². The number of carbonyl (C=O) groups excluding carboxylic acids is 1. The molecule has 0 unspecified atom stereocenters. The first-order valence-corrected chi connectivity index (χ1v) is 8.87. The van der Waals surface area contributed by atoms with E-state index in [1.807, 2.05) is 30.0 Å². The highest BCUT2D eigenvalue weighted by Gasteiger charge is 2.21. The second-order valence-corrected chi connectivity index (χ2v) is 7.03. The number of amides is 1. The molecule has 122 valence electrons. The van der Waals surface area contributed by atoms with E-state index in [2.05, 4.69) is 26.7 Å². The molecular weight excluding hydrogens is 320 g/mol. The minimum Gasteiger partial charge on any atom is -0.360 e. The van der Waals surface area contributed by atoms with Crippen molar-refractivity contribution in [2.24, 2.45) is 0 Å². The molecular formula is C18H18N4OS. The van der Waals surface area contributed by atoms with Crippen molar-refractivity contribution in [3.8, 4) is 0 Å². The zero-order valence-corrected chi connectivity index (χ0v) is 14.3. The number of nitrogens with zero attached hydrogens (tertiary/aromatic N) is 3. The van der Waals surface area contributed by atoms with Gasteiger partial charge in [-0.15, -0.1) is 11.3 Å². The Kier molecular flexibility index (Phi) is 3.90. The highest BCUT2D eigenvalue weighted by Crippen LogP contribution is 2.24. The summed E-state index contributed by atoms with van der Waals surface area (Å²) in [4.78, 5) is 24.4. The largest absolute Gasteiger partial charge is 0.360 e. The quantitative estimate of drug-likeness (QED) is 0.797. The van der Waals surface area contributed by atoms with E-state index >= 15 is 0 Å². The van der Waals surface area contributed by atoms with Crippen LogP contribution < -0.4 is 5.32 Å². The van der Waals surface area contributed by atoms with E-state index in [0.29, 0.717) is 12.4 Å². The fraction of sp³-hybridized carbons (Fsp3) is 0.278. The monoisotopic (exact) mass is 338 g/mol. The lowest BCUT2D eigenvalue weighted by molar-refractivity contribution is -0.130. The van der Waals surface area contributed by atoms with Crippen LogP contribution in [0.25, 0.3) is 10.9 Å². The average molecular weight is 338 g/mol. The van der Waals surface area contributed by atoms with Gasteiger partial charge in [0.05, 0.1) is 12.1 Å². The maximum absolute atomic E-state index is 12.5. The van der Waals surface area contributed by atoms with E-state index in [0.717, 1.165) is 29.4 Å². The van der Waals surface area contributed by atoms with Crippen molar-refractivity contribution in [3.63, 3.8) is 0 Å². The minimum absolute atomic E-state index is 0.103. The number of aryl methyl sites for hydroxylation is 1. The van der Waals surface area contributed by atoms with Crippen molar-refractivity contribution >= 4 is 34.0 Å². The summed E-state index contributed by atoms with van der Waals surface area (Å²) in [6, 6.07) is 8.16. The Hall–Kier alpha value is -2.47. The third-order valence-corrected chi connectivity index (χ3v) is 5.38. The van der Waals surface area contributed by atoms with Crippen LogP contribution in [-0.4, -0.2) is 33.9 Å². The van der Waals surface area contributed by atoms with Gasteiger partial charge in [0.15, 0.2) is 0 Å². The van der Waals surface area contributed by atoms with Gasteiger partial charge in [0.2, 0.25) is 5.91 Å². The van der Waals surface area contributed by atoms with E-state index in [4.69, 9.17) is 0 Å². The molecule has 3 aromatic rings. The summed E-state index contributed by atoms with van der Waals surface area (Å²) in [7, 11) is 0. The van der Waals surface area contributed by atoms with Crippen LogP contribution in [0, 0.1) is 6.92 Å². The van der Waals surface area contributed by atoms with Crippen molar-refractivity contribution in [2.45, 2.75) is 19.9 Å². The van der Waals surface area contributed by atoms with Crippen LogP contribution in [0.4, 0.5) is 5.82 Å². The lowest BCUT2D eigenvalue weighted by Gasteiger charge is -2.27. The molecule has 1 aliphatic rings. The van der Waals surface area contributed by atoms with Crippen molar-refractivity contribution in [3.05, 3.63) is 52.0 Å². The first-order chi connectivity index (χ1) is 11.7. The number of fused-ring (bicyclic) bond motifs is 2. The number of thiophene rings is 1. The Bertz CT molecular complexity index is 905.